The van der Waals surface area contributed by atoms with Gasteiger partial charge in [0.15, 0.2) is 0 Å². The normalized spacial score (nSPS) is 11.7. The number of hydrogen-bond donors (Lipinski definition) is 2. The van der Waals surface area contributed by atoms with Crippen molar-refractivity contribution in [3.8, 4) is 0 Å². The molecule has 2 rings (SSSR count). The van der Waals surface area contributed by atoms with Crippen LogP contribution in [0.15, 0.2) is 36.7 Å². The molecule has 0 atom stereocenters. The van der Waals surface area contributed by atoms with Crippen LogP contribution in [0.5, 0.6) is 0 Å². The molecule has 1 aromatic heterocycles. The molecule has 1 aromatic carbocycles. The Morgan fingerprint density at radius 1 is 1.21 bits per heavy atom. The fraction of sp³-hybridized carbons (Fsp3) is 0.438. The lowest BCUT2D eigenvalue weighted by atomic mass is 9.83. The van der Waals surface area contributed by atoms with Crippen molar-refractivity contribution in [2.45, 2.75) is 26.7 Å². The summed E-state index contributed by atoms with van der Waals surface area (Å²) in [5.41, 5.74) is 1.08. The zero-order chi connectivity index (χ0) is 13.7. The number of fused-ring (bicyclic) bond motifs is 1. The van der Waals surface area contributed by atoms with Gasteiger partial charge in [-0.1, -0.05) is 26.0 Å². The molecule has 0 unspecified atom stereocenters. The molecular formula is C16H22N2O. The van der Waals surface area contributed by atoms with Crippen LogP contribution in [-0.4, -0.2) is 23.2 Å². The Kier molecular flexibility index (Phi) is 4.38. The van der Waals surface area contributed by atoms with E-state index in [1.807, 2.05) is 24.5 Å². The maximum atomic E-state index is 9.62. The van der Waals surface area contributed by atoms with Gasteiger partial charge in [-0.25, -0.2) is 0 Å². The van der Waals surface area contributed by atoms with Crippen LogP contribution in [0.1, 0.15) is 26.7 Å². The number of aliphatic hydroxyl groups is 1. The first-order valence-electron chi connectivity index (χ1n) is 6.92. The lowest BCUT2D eigenvalue weighted by Gasteiger charge is -2.30. The third-order valence-corrected chi connectivity index (χ3v) is 4.17. The number of hydrogen-bond acceptors (Lipinski definition) is 3. The number of nitrogens with zero attached hydrogens (tertiary/aromatic N) is 1. The van der Waals surface area contributed by atoms with E-state index in [9.17, 15) is 5.11 Å². The highest BCUT2D eigenvalue weighted by Crippen LogP contribution is 2.28. The summed E-state index contributed by atoms with van der Waals surface area (Å²) in [6.07, 6.45) is 5.63. The molecule has 3 heteroatoms. The van der Waals surface area contributed by atoms with Crippen molar-refractivity contribution in [2.75, 3.05) is 18.5 Å². The number of benzene rings is 1. The fourth-order valence-electron chi connectivity index (χ4n) is 2.34. The summed E-state index contributed by atoms with van der Waals surface area (Å²) < 4.78 is 0. The summed E-state index contributed by atoms with van der Waals surface area (Å²) in [5, 5.41) is 15.4. The Morgan fingerprint density at radius 2 is 2.00 bits per heavy atom. The minimum atomic E-state index is -0.0325. The van der Waals surface area contributed by atoms with Gasteiger partial charge in [0.1, 0.15) is 0 Å². The second-order valence-corrected chi connectivity index (χ2v) is 5.12. The molecule has 3 nitrogen and oxygen atoms in total. The highest BCUT2D eigenvalue weighted by molar-refractivity contribution is 5.93. The molecule has 2 N–H and O–H groups in total. The van der Waals surface area contributed by atoms with E-state index in [2.05, 4.69) is 36.3 Å². The molecule has 0 saturated heterocycles. The van der Waals surface area contributed by atoms with Gasteiger partial charge in [-0.05, 0) is 25.0 Å². The maximum Gasteiger partial charge on any atom is 0.0504 e. The van der Waals surface area contributed by atoms with Gasteiger partial charge in [0.25, 0.3) is 0 Å². The van der Waals surface area contributed by atoms with Gasteiger partial charge in [0, 0.05) is 40.8 Å². The van der Waals surface area contributed by atoms with Crippen LogP contribution in [0, 0.1) is 5.41 Å². The van der Waals surface area contributed by atoms with Gasteiger partial charge in [0.05, 0.1) is 6.61 Å². The van der Waals surface area contributed by atoms with Gasteiger partial charge >= 0.3 is 0 Å². The Labute approximate surface area is 114 Å². The first-order valence-corrected chi connectivity index (χ1v) is 6.92. The van der Waals surface area contributed by atoms with Crippen molar-refractivity contribution in [3.05, 3.63) is 36.7 Å². The highest BCUT2D eigenvalue weighted by atomic mass is 16.3. The van der Waals surface area contributed by atoms with Crippen molar-refractivity contribution in [1.29, 1.82) is 0 Å². The fourth-order valence-corrected chi connectivity index (χ4v) is 2.34. The minimum Gasteiger partial charge on any atom is -0.396 e. The van der Waals surface area contributed by atoms with E-state index in [-0.39, 0.29) is 12.0 Å². The van der Waals surface area contributed by atoms with E-state index >= 15 is 0 Å². The molecule has 0 amide bonds. The molecule has 0 spiro atoms. The van der Waals surface area contributed by atoms with Crippen molar-refractivity contribution >= 4 is 16.5 Å². The number of aliphatic hydroxyl groups excluding tert-OH is 1. The second-order valence-electron chi connectivity index (χ2n) is 5.12. The first-order chi connectivity index (χ1) is 9.24. The van der Waals surface area contributed by atoms with E-state index in [4.69, 9.17) is 0 Å². The number of anilines is 1. The predicted octanol–water partition coefficient (Wildman–Crippen LogP) is 3.45. The molecule has 0 fully saturated rings. The van der Waals surface area contributed by atoms with Crippen molar-refractivity contribution in [1.82, 2.24) is 4.98 Å². The van der Waals surface area contributed by atoms with Crippen LogP contribution in [0.3, 0.4) is 0 Å². The summed E-state index contributed by atoms with van der Waals surface area (Å²) >= 11 is 0. The monoisotopic (exact) mass is 258 g/mol. The third kappa shape index (κ3) is 2.87. The molecular weight excluding hydrogens is 236 g/mol. The minimum absolute atomic E-state index is 0.0325. The van der Waals surface area contributed by atoms with Gasteiger partial charge in [-0.2, -0.15) is 0 Å². The lowest BCUT2D eigenvalue weighted by Crippen LogP contribution is -2.32. The molecule has 0 saturated carbocycles. The first kappa shape index (κ1) is 13.8. The standard InChI is InChI=1S/C16H22N2O/c1-3-16(4-2,12-19)11-18-15-7-5-6-13-10-17-9-8-14(13)15/h5-10,18-19H,3-4,11-12H2,1-2H3. The predicted molar refractivity (Wildman–Crippen MR) is 80.3 cm³/mol. The summed E-state index contributed by atoms with van der Waals surface area (Å²) in [5.74, 6) is 0. The zero-order valence-corrected chi connectivity index (χ0v) is 11.7. The average Bonchev–Trinajstić information content (AvgIpc) is 2.49. The van der Waals surface area contributed by atoms with Gasteiger partial charge in [-0.3, -0.25) is 4.98 Å². The molecule has 19 heavy (non-hydrogen) atoms. The Balaban J connectivity index is 2.22. The maximum absolute atomic E-state index is 9.62. The van der Waals surface area contributed by atoms with Crippen LogP contribution in [0.25, 0.3) is 10.8 Å². The summed E-state index contributed by atoms with van der Waals surface area (Å²) in [6, 6.07) is 8.20. The van der Waals surface area contributed by atoms with E-state index in [1.54, 1.807) is 0 Å². The molecule has 0 aliphatic rings. The van der Waals surface area contributed by atoms with E-state index in [1.165, 1.54) is 5.39 Å². The van der Waals surface area contributed by atoms with Crippen LogP contribution in [0.4, 0.5) is 5.69 Å². The Morgan fingerprint density at radius 3 is 2.68 bits per heavy atom. The van der Waals surface area contributed by atoms with E-state index < -0.39 is 0 Å². The average molecular weight is 258 g/mol. The summed E-state index contributed by atoms with van der Waals surface area (Å²) in [6.45, 7) is 5.28. The van der Waals surface area contributed by atoms with Crippen molar-refractivity contribution in [2.24, 2.45) is 5.41 Å². The quantitative estimate of drug-likeness (QED) is 0.834. The molecule has 0 bridgehead atoms. The molecule has 0 aliphatic carbocycles. The SMILES string of the molecule is CCC(CC)(CO)CNc1cccc2cnccc12. The highest BCUT2D eigenvalue weighted by Gasteiger charge is 2.24. The molecule has 1 heterocycles. The Bertz CT molecular complexity index is 522. The van der Waals surface area contributed by atoms with Gasteiger partial charge in [0.2, 0.25) is 0 Å². The van der Waals surface area contributed by atoms with Gasteiger partial charge < -0.3 is 10.4 Å². The smallest absolute Gasteiger partial charge is 0.0504 e. The summed E-state index contributed by atoms with van der Waals surface area (Å²) in [4.78, 5) is 4.14. The zero-order valence-electron chi connectivity index (χ0n) is 11.7. The number of pyridine rings is 1. The van der Waals surface area contributed by atoms with E-state index in [0.717, 1.165) is 30.5 Å². The van der Waals surface area contributed by atoms with E-state index in [0.29, 0.717) is 0 Å². The third-order valence-electron chi connectivity index (χ3n) is 4.17. The number of aromatic nitrogens is 1. The second kappa shape index (κ2) is 6.02. The summed E-state index contributed by atoms with van der Waals surface area (Å²) in [7, 11) is 0. The van der Waals surface area contributed by atoms with Crippen LogP contribution >= 0.6 is 0 Å². The number of rotatable bonds is 6. The van der Waals surface area contributed by atoms with Crippen LogP contribution in [-0.2, 0) is 0 Å². The topological polar surface area (TPSA) is 45.1 Å². The Hall–Kier alpha value is -1.61. The molecule has 0 aliphatic heterocycles. The largest absolute Gasteiger partial charge is 0.396 e. The molecule has 0 radical (unpaired) electrons. The molecule has 102 valence electrons. The van der Waals surface area contributed by atoms with Crippen LogP contribution in [0.2, 0.25) is 0 Å². The lowest BCUT2D eigenvalue weighted by molar-refractivity contribution is 0.127. The van der Waals surface area contributed by atoms with Crippen LogP contribution < -0.4 is 5.32 Å². The van der Waals surface area contributed by atoms with Gasteiger partial charge in [-0.15, -0.1) is 0 Å². The number of nitrogens with one attached hydrogen (secondary N) is 1. The molecule has 2 aromatic rings. The van der Waals surface area contributed by atoms with Crippen molar-refractivity contribution < 1.29 is 5.11 Å². The van der Waals surface area contributed by atoms with Crippen molar-refractivity contribution in [3.63, 3.8) is 0 Å².